The highest BCUT2D eigenvalue weighted by molar-refractivity contribution is 5.86. The molecule has 2 aliphatic rings. The van der Waals surface area contributed by atoms with Gasteiger partial charge in [0, 0.05) is 17.4 Å². The lowest BCUT2D eigenvalue weighted by Gasteiger charge is -2.08. The molecule has 2 aromatic rings. The van der Waals surface area contributed by atoms with E-state index in [0.29, 0.717) is 23.3 Å². The van der Waals surface area contributed by atoms with Crippen LogP contribution in [0.5, 0.6) is 5.75 Å². The number of para-hydroxylation sites is 1. The van der Waals surface area contributed by atoms with E-state index in [9.17, 15) is 4.79 Å². The molecule has 0 saturated heterocycles. The van der Waals surface area contributed by atoms with Crippen LogP contribution in [0.4, 0.5) is 10.5 Å². The van der Waals surface area contributed by atoms with E-state index in [1.165, 1.54) is 25.7 Å². The SMILES string of the molecule is O=C(Nc1cnc(C2CC2)c(C#CC2CC2)c1)Oc1ccccc1. The molecule has 0 spiro atoms. The van der Waals surface area contributed by atoms with Crippen LogP contribution in [0, 0.1) is 17.8 Å². The number of carbonyl (C=O) groups is 1. The Morgan fingerprint density at radius 3 is 2.67 bits per heavy atom. The fourth-order valence-corrected chi connectivity index (χ4v) is 2.47. The van der Waals surface area contributed by atoms with Gasteiger partial charge in [-0.15, -0.1) is 0 Å². The van der Waals surface area contributed by atoms with Crippen LogP contribution in [0.25, 0.3) is 0 Å². The quantitative estimate of drug-likeness (QED) is 0.857. The summed E-state index contributed by atoms with van der Waals surface area (Å²) < 4.78 is 5.24. The maximum Gasteiger partial charge on any atom is 0.417 e. The molecule has 1 aromatic carbocycles. The second-order valence-electron chi connectivity index (χ2n) is 6.30. The van der Waals surface area contributed by atoms with Gasteiger partial charge in [0.25, 0.3) is 0 Å². The molecule has 120 valence electrons. The van der Waals surface area contributed by atoms with Gasteiger partial charge in [0.2, 0.25) is 0 Å². The van der Waals surface area contributed by atoms with Gasteiger partial charge in [0.05, 0.1) is 17.6 Å². The smallest absolute Gasteiger partial charge is 0.410 e. The lowest BCUT2D eigenvalue weighted by Crippen LogP contribution is -2.17. The fourth-order valence-electron chi connectivity index (χ4n) is 2.47. The van der Waals surface area contributed by atoms with Crippen LogP contribution in [0.1, 0.15) is 42.9 Å². The van der Waals surface area contributed by atoms with Crippen molar-refractivity contribution in [3.05, 3.63) is 53.9 Å². The number of nitrogens with zero attached hydrogens (tertiary/aromatic N) is 1. The summed E-state index contributed by atoms with van der Waals surface area (Å²) in [5.74, 6) is 8.11. The Kier molecular flexibility index (Phi) is 3.92. The molecule has 2 aliphatic carbocycles. The summed E-state index contributed by atoms with van der Waals surface area (Å²) in [7, 11) is 0. The Balaban J connectivity index is 1.49. The Hall–Kier alpha value is -2.80. The Bertz CT molecular complexity index is 813. The number of carbonyl (C=O) groups excluding carboxylic acids is 1. The third kappa shape index (κ3) is 3.75. The van der Waals surface area contributed by atoms with Crippen LogP contribution in [-0.4, -0.2) is 11.1 Å². The van der Waals surface area contributed by atoms with Crippen molar-refractivity contribution in [2.45, 2.75) is 31.6 Å². The van der Waals surface area contributed by atoms with Crippen LogP contribution in [0.3, 0.4) is 0 Å². The van der Waals surface area contributed by atoms with E-state index in [4.69, 9.17) is 4.74 Å². The van der Waals surface area contributed by atoms with Crippen LogP contribution in [0.2, 0.25) is 0 Å². The van der Waals surface area contributed by atoms with Gasteiger partial charge in [0.15, 0.2) is 0 Å². The first-order chi connectivity index (χ1) is 11.8. The van der Waals surface area contributed by atoms with Crippen LogP contribution in [-0.2, 0) is 0 Å². The van der Waals surface area contributed by atoms with E-state index < -0.39 is 6.09 Å². The number of pyridine rings is 1. The second-order valence-corrected chi connectivity index (χ2v) is 6.30. The molecule has 0 bridgehead atoms. The average molecular weight is 318 g/mol. The van der Waals surface area contributed by atoms with E-state index >= 15 is 0 Å². The van der Waals surface area contributed by atoms with Crippen molar-refractivity contribution in [2.24, 2.45) is 5.92 Å². The topological polar surface area (TPSA) is 51.2 Å². The number of anilines is 1. The number of benzene rings is 1. The molecule has 1 amide bonds. The minimum absolute atomic E-state index is 0.506. The van der Waals surface area contributed by atoms with Gasteiger partial charge >= 0.3 is 6.09 Å². The summed E-state index contributed by atoms with van der Waals surface area (Å²) in [6, 6.07) is 10.9. The number of hydrogen-bond donors (Lipinski definition) is 1. The van der Waals surface area contributed by atoms with Gasteiger partial charge in [-0.2, -0.15) is 0 Å². The number of aromatic nitrogens is 1. The molecular formula is C20H18N2O2. The Labute approximate surface area is 141 Å². The van der Waals surface area contributed by atoms with Gasteiger partial charge in [0.1, 0.15) is 5.75 Å². The zero-order chi connectivity index (χ0) is 16.4. The van der Waals surface area contributed by atoms with Crippen molar-refractivity contribution in [3.8, 4) is 17.6 Å². The summed E-state index contributed by atoms with van der Waals surface area (Å²) >= 11 is 0. The predicted octanol–water partition coefficient (Wildman–Crippen LogP) is 4.33. The van der Waals surface area contributed by atoms with Gasteiger partial charge in [-0.3, -0.25) is 10.3 Å². The first-order valence-electron chi connectivity index (χ1n) is 8.33. The molecule has 1 aromatic heterocycles. The molecule has 0 unspecified atom stereocenters. The maximum atomic E-state index is 12.0. The van der Waals surface area contributed by atoms with Crippen molar-refractivity contribution >= 4 is 11.8 Å². The summed E-state index contributed by atoms with van der Waals surface area (Å²) in [5.41, 5.74) is 2.60. The lowest BCUT2D eigenvalue weighted by atomic mass is 10.1. The number of nitrogens with one attached hydrogen (secondary N) is 1. The van der Waals surface area contributed by atoms with Gasteiger partial charge in [-0.05, 0) is 43.9 Å². The first kappa shape index (κ1) is 14.8. The lowest BCUT2D eigenvalue weighted by molar-refractivity contribution is 0.215. The molecule has 1 N–H and O–H groups in total. The molecular weight excluding hydrogens is 300 g/mol. The van der Waals surface area contributed by atoms with Gasteiger partial charge < -0.3 is 4.74 Å². The minimum Gasteiger partial charge on any atom is -0.410 e. The first-order valence-corrected chi connectivity index (χ1v) is 8.33. The molecule has 0 radical (unpaired) electrons. The summed E-state index contributed by atoms with van der Waals surface area (Å²) in [4.78, 5) is 16.5. The van der Waals surface area contributed by atoms with Crippen LogP contribution < -0.4 is 10.1 Å². The van der Waals surface area contributed by atoms with Crippen molar-refractivity contribution in [1.29, 1.82) is 0 Å². The van der Waals surface area contributed by atoms with E-state index in [1.54, 1.807) is 18.3 Å². The Morgan fingerprint density at radius 1 is 1.17 bits per heavy atom. The molecule has 4 nitrogen and oxygen atoms in total. The highest BCUT2D eigenvalue weighted by Gasteiger charge is 2.27. The predicted molar refractivity (Wildman–Crippen MR) is 91.9 cm³/mol. The summed E-state index contributed by atoms with van der Waals surface area (Å²) in [6.07, 6.45) is 5.90. The van der Waals surface area contributed by atoms with E-state index in [1.807, 2.05) is 24.3 Å². The number of ether oxygens (including phenoxy) is 1. The summed E-state index contributed by atoms with van der Waals surface area (Å²) in [5, 5.41) is 2.73. The molecule has 4 rings (SSSR count). The monoisotopic (exact) mass is 318 g/mol. The highest BCUT2D eigenvalue weighted by Crippen LogP contribution is 2.41. The minimum atomic E-state index is -0.525. The standard InChI is InChI=1S/C20H18N2O2/c23-20(24-18-4-2-1-3-5-18)22-17-12-16(9-8-14-6-7-14)19(21-13-17)15-10-11-15/h1-5,12-15H,6-7,10-11H2,(H,22,23). The maximum absolute atomic E-state index is 12.0. The molecule has 24 heavy (non-hydrogen) atoms. The molecule has 0 aliphatic heterocycles. The molecule has 4 heteroatoms. The van der Waals surface area contributed by atoms with Gasteiger partial charge in [-0.1, -0.05) is 30.0 Å². The normalized spacial score (nSPS) is 16.0. The summed E-state index contributed by atoms with van der Waals surface area (Å²) in [6.45, 7) is 0. The zero-order valence-electron chi connectivity index (χ0n) is 13.3. The van der Waals surface area contributed by atoms with Crippen molar-refractivity contribution in [3.63, 3.8) is 0 Å². The van der Waals surface area contributed by atoms with E-state index in [-0.39, 0.29) is 0 Å². The fraction of sp³-hybridized carbons (Fsp3) is 0.300. The average Bonchev–Trinajstić information content (AvgIpc) is 3.47. The zero-order valence-corrected chi connectivity index (χ0v) is 13.3. The third-order valence-electron chi connectivity index (χ3n) is 4.07. The molecule has 2 fully saturated rings. The van der Waals surface area contributed by atoms with E-state index in [2.05, 4.69) is 22.1 Å². The third-order valence-corrected chi connectivity index (χ3v) is 4.07. The van der Waals surface area contributed by atoms with Crippen molar-refractivity contribution in [2.75, 3.05) is 5.32 Å². The van der Waals surface area contributed by atoms with Crippen molar-refractivity contribution < 1.29 is 9.53 Å². The molecule has 2 saturated carbocycles. The van der Waals surface area contributed by atoms with Crippen LogP contribution in [0.15, 0.2) is 42.6 Å². The Morgan fingerprint density at radius 2 is 1.96 bits per heavy atom. The van der Waals surface area contributed by atoms with Gasteiger partial charge in [-0.25, -0.2) is 4.79 Å². The number of hydrogen-bond acceptors (Lipinski definition) is 3. The van der Waals surface area contributed by atoms with E-state index in [0.717, 1.165) is 11.3 Å². The largest absolute Gasteiger partial charge is 0.417 e. The number of rotatable bonds is 3. The molecule has 0 atom stereocenters. The molecule has 1 heterocycles. The number of amides is 1. The van der Waals surface area contributed by atoms with Crippen molar-refractivity contribution in [1.82, 2.24) is 4.98 Å². The van der Waals surface area contributed by atoms with Crippen LogP contribution >= 0.6 is 0 Å². The second kappa shape index (κ2) is 6.37. The highest BCUT2D eigenvalue weighted by atomic mass is 16.6.